The van der Waals surface area contributed by atoms with Crippen LogP contribution in [0, 0.1) is 0 Å². The third-order valence-corrected chi connectivity index (χ3v) is 2.05. The summed E-state index contributed by atoms with van der Waals surface area (Å²) >= 11 is 15.5. The first-order valence-electron chi connectivity index (χ1n) is 3.41. The summed E-state index contributed by atoms with van der Waals surface area (Å²) in [4.78, 5) is 0. The van der Waals surface area contributed by atoms with Crippen LogP contribution in [0.15, 0.2) is 0 Å². The zero-order valence-electron chi connectivity index (χ0n) is 6.92. The molecule has 1 aromatic heterocycles. The molecule has 3 nitrogen and oxygen atoms in total. The summed E-state index contributed by atoms with van der Waals surface area (Å²) in [6.07, 6.45) is -5.85. The molecular weight excluding hydrogens is 303 g/mol. The predicted molar refractivity (Wildman–Crippen MR) is 45.6 cm³/mol. The smallest absolute Gasteiger partial charge is 0.257 e. The maximum absolute atomic E-state index is 12.9. The van der Waals surface area contributed by atoms with Gasteiger partial charge < -0.3 is 0 Å². The summed E-state index contributed by atoms with van der Waals surface area (Å²) in [5.41, 5.74) is -2.79. The van der Waals surface area contributed by atoms with Crippen LogP contribution in [0.1, 0.15) is 11.4 Å². The molecule has 1 aromatic rings. The molecule has 0 fully saturated rings. The molecule has 1 N–H and O–H groups in total. The SMILES string of the molecule is FC(F)(F)C(F)(F)c1nn[nH]c1C(Cl)(Cl)Cl. The Morgan fingerprint density at radius 1 is 1.00 bits per heavy atom. The first-order chi connectivity index (χ1) is 6.98. The molecule has 1 heterocycles. The van der Waals surface area contributed by atoms with Crippen molar-refractivity contribution in [1.82, 2.24) is 15.4 Å². The monoisotopic (exact) mass is 303 g/mol. The third-order valence-electron chi connectivity index (χ3n) is 1.49. The molecule has 92 valence electrons. The van der Waals surface area contributed by atoms with Crippen molar-refractivity contribution in [2.45, 2.75) is 15.9 Å². The van der Waals surface area contributed by atoms with E-state index in [1.165, 1.54) is 0 Å². The molecule has 0 aromatic carbocycles. The Bertz CT molecular complexity index is 381. The number of nitrogens with zero attached hydrogens (tertiary/aromatic N) is 2. The van der Waals surface area contributed by atoms with Gasteiger partial charge in [0, 0.05) is 0 Å². The first kappa shape index (κ1) is 13.7. The van der Waals surface area contributed by atoms with E-state index in [2.05, 4.69) is 10.3 Å². The number of alkyl halides is 8. The highest BCUT2D eigenvalue weighted by Gasteiger charge is 2.62. The van der Waals surface area contributed by atoms with E-state index in [9.17, 15) is 22.0 Å². The minimum absolute atomic E-state index is 1.03. The van der Waals surface area contributed by atoms with E-state index in [0.717, 1.165) is 0 Å². The number of H-pyrrole nitrogens is 1. The number of halogens is 8. The Labute approximate surface area is 99.8 Å². The number of nitrogens with one attached hydrogen (secondary N) is 1. The Hall–Kier alpha value is -0.340. The topological polar surface area (TPSA) is 41.6 Å². The summed E-state index contributed by atoms with van der Waals surface area (Å²) in [5.74, 6) is -5.25. The fourth-order valence-corrected chi connectivity index (χ4v) is 1.17. The minimum Gasteiger partial charge on any atom is -0.257 e. The van der Waals surface area contributed by atoms with Gasteiger partial charge in [-0.1, -0.05) is 40.0 Å². The lowest BCUT2D eigenvalue weighted by atomic mass is 10.2. The zero-order chi connectivity index (χ0) is 12.8. The van der Waals surface area contributed by atoms with Crippen LogP contribution in [0.4, 0.5) is 22.0 Å². The van der Waals surface area contributed by atoms with E-state index < -0.39 is 27.3 Å². The lowest BCUT2D eigenvalue weighted by Gasteiger charge is -2.19. The maximum atomic E-state index is 12.9. The second kappa shape index (κ2) is 3.85. The van der Waals surface area contributed by atoms with Crippen molar-refractivity contribution in [2.24, 2.45) is 0 Å². The molecule has 0 saturated carbocycles. The second-order valence-corrected chi connectivity index (χ2v) is 4.89. The molecule has 0 bridgehead atoms. The van der Waals surface area contributed by atoms with Crippen LogP contribution in [0.3, 0.4) is 0 Å². The van der Waals surface area contributed by atoms with Crippen LogP contribution in [-0.2, 0) is 9.72 Å². The molecule has 0 aliphatic heterocycles. The van der Waals surface area contributed by atoms with Crippen molar-refractivity contribution < 1.29 is 22.0 Å². The van der Waals surface area contributed by atoms with E-state index >= 15 is 0 Å². The van der Waals surface area contributed by atoms with Crippen molar-refractivity contribution in [2.75, 3.05) is 0 Å². The van der Waals surface area contributed by atoms with Crippen molar-refractivity contribution in [3.05, 3.63) is 11.4 Å². The van der Waals surface area contributed by atoms with Crippen LogP contribution in [0.25, 0.3) is 0 Å². The normalized spacial score (nSPS) is 14.2. The lowest BCUT2D eigenvalue weighted by molar-refractivity contribution is -0.291. The third kappa shape index (κ3) is 2.33. The molecule has 0 aliphatic rings. The second-order valence-electron chi connectivity index (χ2n) is 2.61. The minimum atomic E-state index is -5.85. The standard InChI is InChI=1S/C5HCl3F5N3/c6-4(7,8)2-1(14-16-15-2)3(9,10)5(11,12)13/h(H,14,15,16). The van der Waals surface area contributed by atoms with Crippen LogP contribution in [-0.4, -0.2) is 21.6 Å². The highest BCUT2D eigenvalue weighted by atomic mass is 35.6. The maximum Gasteiger partial charge on any atom is 0.459 e. The molecule has 0 radical (unpaired) electrons. The van der Waals surface area contributed by atoms with E-state index in [1.54, 1.807) is 5.10 Å². The van der Waals surface area contributed by atoms with Gasteiger partial charge >= 0.3 is 12.1 Å². The van der Waals surface area contributed by atoms with Crippen molar-refractivity contribution >= 4 is 34.8 Å². The summed E-state index contributed by atoms with van der Waals surface area (Å²) in [5, 5.41) is 7.04. The largest absolute Gasteiger partial charge is 0.459 e. The van der Waals surface area contributed by atoms with E-state index in [-0.39, 0.29) is 0 Å². The average Bonchev–Trinajstić information content (AvgIpc) is 2.47. The van der Waals surface area contributed by atoms with Gasteiger partial charge in [0.05, 0.1) is 0 Å². The summed E-state index contributed by atoms with van der Waals surface area (Å²) in [7, 11) is 0. The summed E-state index contributed by atoms with van der Waals surface area (Å²) in [6, 6.07) is 0. The predicted octanol–water partition coefficient (Wildman–Crippen LogP) is 3.29. The van der Waals surface area contributed by atoms with Crippen LogP contribution in [0.5, 0.6) is 0 Å². The lowest BCUT2D eigenvalue weighted by Crippen LogP contribution is -2.35. The first-order valence-corrected chi connectivity index (χ1v) is 4.54. The van der Waals surface area contributed by atoms with Gasteiger partial charge in [0.15, 0.2) is 5.69 Å². The van der Waals surface area contributed by atoms with Crippen molar-refractivity contribution in [3.8, 4) is 0 Å². The quantitative estimate of drug-likeness (QED) is 0.639. The molecular formula is C5HCl3F5N3. The van der Waals surface area contributed by atoms with Crippen LogP contribution < -0.4 is 0 Å². The molecule has 11 heteroatoms. The van der Waals surface area contributed by atoms with Gasteiger partial charge in [-0.15, -0.1) is 5.10 Å². The van der Waals surface area contributed by atoms with Gasteiger partial charge in [0.1, 0.15) is 5.69 Å². The number of aromatic amines is 1. The van der Waals surface area contributed by atoms with E-state index in [1.807, 2.05) is 0 Å². The van der Waals surface area contributed by atoms with Gasteiger partial charge in [-0.05, 0) is 0 Å². The summed E-state index contributed by atoms with van der Waals surface area (Å²) < 4.78 is 59.2. The van der Waals surface area contributed by atoms with Crippen molar-refractivity contribution in [3.63, 3.8) is 0 Å². The number of hydrogen-bond donors (Lipinski definition) is 1. The van der Waals surface area contributed by atoms with Crippen molar-refractivity contribution in [1.29, 1.82) is 0 Å². The Morgan fingerprint density at radius 2 is 1.50 bits per heavy atom. The van der Waals surface area contributed by atoms with Gasteiger partial charge in [-0.2, -0.15) is 22.0 Å². The van der Waals surface area contributed by atoms with Gasteiger partial charge in [-0.25, -0.2) is 0 Å². The van der Waals surface area contributed by atoms with Crippen LogP contribution in [0.2, 0.25) is 0 Å². The molecule has 0 atom stereocenters. The molecule has 0 saturated heterocycles. The molecule has 0 unspecified atom stereocenters. The average molecular weight is 304 g/mol. The molecule has 0 aliphatic carbocycles. The van der Waals surface area contributed by atoms with E-state index in [0.29, 0.717) is 0 Å². The van der Waals surface area contributed by atoms with Gasteiger partial charge in [0.2, 0.25) is 3.79 Å². The molecule has 16 heavy (non-hydrogen) atoms. The summed E-state index contributed by atoms with van der Waals surface area (Å²) in [6.45, 7) is 0. The fraction of sp³-hybridized carbons (Fsp3) is 0.600. The zero-order valence-corrected chi connectivity index (χ0v) is 9.19. The van der Waals surface area contributed by atoms with Crippen LogP contribution >= 0.6 is 34.8 Å². The molecule has 0 amide bonds. The number of aromatic nitrogens is 3. The molecule has 1 rings (SSSR count). The van der Waals surface area contributed by atoms with Gasteiger partial charge in [-0.3, -0.25) is 5.10 Å². The van der Waals surface area contributed by atoms with E-state index in [4.69, 9.17) is 34.8 Å². The Kier molecular flexibility index (Phi) is 3.30. The Balaban J connectivity index is 3.31. The molecule has 0 spiro atoms. The number of rotatable bonds is 1. The Morgan fingerprint density at radius 3 is 1.88 bits per heavy atom. The number of hydrogen-bond acceptors (Lipinski definition) is 2. The highest BCUT2D eigenvalue weighted by Crippen LogP contribution is 2.48. The highest BCUT2D eigenvalue weighted by molar-refractivity contribution is 6.66. The fourth-order valence-electron chi connectivity index (χ4n) is 0.780. The van der Waals surface area contributed by atoms with Gasteiger partial charge in [0.25, 0.3) is 0 Å².